The molecule has 6 nitrogen and oxygen atoms in total. The molecule has 0 aromatic heterocycles. The van der Waals surface area contributed by atoms with Gasteiger partial charge >= 0.3 is 12.0 Å². The molecule has 2 amide bonds. The van der Waals surface area contributed by atoms with Gasteiger partial charge in [0.2, 0.25) is 0 Å². The number of ether oxygens (including phenoxy) is 1. The second-order valence-corrected chi connectivity index (χ2v) is 6.40. The summed E-state index contributed by atoms with van der Waals surface area (Å²) >= 11 is 0. The number of carbonyl (C=O) groups excluding carboxylic acids is 1. The molecule has 0 spiro atoms. The van der Waals surface area contributed by atoms with E-state index in [1.54, 1.807) is 11.9 Å². The molecule has 116 valence electrons. The summed E-state index contributed by atoms with van der Waals surface area (Å²) in [7, 11) is 1.72. The molecular weight excluding hydrogens is 260 g/mol. The minimum absolute atomic E-state index is 0.245. The molecule has 1 atom stereocenters. The van der Waals surface area contributed by atoms with E-state index in [9.17, 15) is 9.59 Å². The molecule has 1 unspecified atom stereocenters. The molecule has 0 bridgehead atoms. The maximum absolute atomic E-state index is 12.4. The van der Waals surface area contributed by atoms with Gasteiger partial charge in [-0.25, -0.2) is 4.79 Å². The highest BCUT2D eigenvalue weighted by atomic mass is 16.5. The summed E-state index contributed by atoms with van der Waals surface area (Å²) in [6, 6.07) is -0.245. The summed E-state index contributed by atoms with van der Waals surface area (Å²) in [5.74, 6) is -0.660. The summed E-state index contributed by atoms with van der Waals surface area (Å²) in [6.45, 7) is 7.30. The van der Waals surface area contributed by atoms with Crippen molar-refractivity contribution in [2.24, 2.45) is 5.92 Å². The first kappa shape index (κ1) is 16.8. The fourth-order valence-electron chi connectivity index (χ4n) is 2.35. The molecule has 20 heavy (non-hydrogen) atoms. The van der Waals surface area contributed by atoms with Gasteiger partial charge in [-0.1, -0.05) is 0 Å². The Morgan fingerprint density at radius 3 is 2.45 bits per heavy atom. The van der Waals surface area contributed by atoms with Gasteiger partial charge in [0.05, 0.1) is 6.61 Å². The van der Waals surface area contributed by atoms with Crippen molar-refractivity contribution in [3.63, 3.8) is 0 Å². The van der Waals surface area contributed by atoms with E-state index >= 15 is 0 Å². The number of rotatable bonds is 4. The lowest BCUT2D eigenvalue weighted by atomic mass is 10.0. The second kappa shape index (κ2) is 6.92. The van der Waals surface area contributed by atoms with Gasteiger partial charge in [-0.15, -0.1) is 0 Å². The summed E-state index contributed by atoms with van der Waals surface area (Å²) in [5, 5.41) is 8.97. The molecule has 1 N–H and O–H groups in total. The SMILES string of the molecule is CN(CC1CCCOC1)C(=O)N(CC(=O)O)C(C)(C)C. The maximum Gasteiger partial charge on any atom is 0.323 e. The summed E-state index contributed by atoms with van der Waals surface area (Å²) in [4.78, 5) is 26.4. The Hall–Kier alpha value is -1.30. The first-order chi connectivity index (χ1) is 9.21. The van der Waals surface area contributed by atoms with Crippen molar-refractivity contribution in [2.75, 3.05) is 33.4 Å². The van der Waals surface area contributed by atoms with Crippen LogP contribution in [0.3, 0.4) is 0 Å². The van der Waals surface area contributed by atoms with Crippen molar-refractivity contribution >= 4 is 12.0 Å². The number of nitrogens with zero attached hydrogens (tertiary/aromatic N) is 2. The topological polar surface area (TPSA) is 70.1 Å². The van der Waals surface area contributed by atoms with E-state index in [-0.39, 0.29) is 12.6 Å². The monoisotopic (exact) mass is 286 g/mol. The Labute approximate surface area is 120 Å². The minimum Gasteiger partial charge on any atom is -0.480 e. The Kier molecular flexibility index (Phi) is 5.80. The molecule has 0 saturated carbocycles. The van der Waals surface area contributed by atoms with Crippen LogP contribution in [0.5, 0.6) is 0 Å². The first-order valence-corrected chi connectivity index (χ1v) is 7.04. The van der Waals surface area contributed by atoms with Gasteiger partial charge < -0.3 is 19.6 Å². The van der Waals surface area contributed by atoms with Crippen LogP contribution in [-0.4, -0.2) is 65.8 Å². The zero-order valence-electron chi connectivity index (χ0n) is 12.9. The Morgan fingerprint density at radius 2 is 2.00 bits per heavy atom. The van der Waals surface area contributed by atoms with Gasteiger partial charge in [0.15, 0.2) is 0 Å². The fourth-order valence-corrected chi connectivity index (χ4v) is 2.35. The molecule has 6 heteroatoms. The smallest absolute Gasteiger partial charge is 0.323 e. The van der Waals surface area contributed by atoms with Crippen LogP contribution < -0.4 is 0 Å². The fraction of sp³-hybridized carbons (Fsp3) is 0.857. The standard InChI is InChI=1S/C14H26N2O4/c1-14(2,3)16(9-12(17)18)13(19)15(4)8-11-6-5-7-20-10-11/h11H,5-10H2,1-4H3,(H,17,18). The lowest BCUT2D eigenvalue weighted by molar-refractivity contribution is -0.138. The Bertz CT molecular complexity index is 346. The number of aliphatic carboxylic acids is 1. The molecule has 1 aliphatic heterocycles. The lowest BCUT2D eigenvalue weighted by Crippen LogP contribution is -2.53. The van der Waals surface area contributed by atoms with Crippen LogP contribution in [0.15, 0.2) is 0 Å². The van der Waals surface area contributed by atoms with Gasteiger partial charge in [-0.2, -0.15) is 0 Å². The molecule has 0 aromatic rings. The third kappa shape index (κ3) is 5.00. The van der Waals surface area contributed by atoms with Crippen molar-refractivity contribution in [2.45, 2.75) is 39.2 Å². The van der Waals surface area contributed by atoms with Crippen molar-refractivity contribution in [3.8, 4) is 0 Å². The van der Waals surface area contributed by atoms with E-state index < -0.39 is 11.5 Å². The van der Waals surface area contributed by atoms with E-state index in [0.29, 0.717) is 19.1 Å². The van der Waals surface area contributed by atoms with Crippen LogP contribution >= 0.6 is 0 Å². The van der Waals surface area contributed by atoms with Crippen molar-refractivity contribution in [3.05, 3.63) is 0 Å². The quantitative estimate of drug-likeness (QED) is 0.853. The number of urea groups is 1. The minimum atomic E-state index is -0.998. The molecule has 1 fully saturated rings. The number of amides is 2. The van der Waals surface area contributed by atoms with Crippen molar-refractivity contribution < 1.29 is 19.4 Å². The largest absolute Gasteiger partial charge is 0.480 e. The van der Waals surface area contributed by atoms with Gasteiger partial charge in [0, 0.05) is 31.7 Å². The predicted octanol–water partition coefficient (Wildman–Crippen LogP) is 1.65. The number of carbonyl (C=O) groups is 2. The number of carboxylic acids is 1. The van der Waals surface area contributed by atoms with Crippen LogP contribution in [-0.2, 0) is 9.53 Å². The van der Waals surface area contributed by atoms with Gasteiger partial charge in [-0.3, -0.25) is 4.79 Å². The maximum atomic E-state index is 12.4. The Morgan fingerprint density at radius 1 is 1.35 bits per heavy atom. The van der Waals surface area contributed by atoms with E-state index in [4.69, 9.17) is 9.84 Å². The third-order valence-corrected chi connectivity index (χ3v) is 3.45. The van der Waals surface area contributed by atoms with Crippen molar-refractivity contribution in [1.29, 1.82) is 0 Å². The van der Waals surface area contributed by atoms with Gasteiger partial charge in [0.1, 0.15) is 6.54 Å². The van der Waals surface area contributed by atoms with E-state index in [1.807, 2.05) is 20.8 Å². The van der Waals surface area contributed by atoms with E-state index in [0.717, 1.165) is 19.4 Å². The third-order valence-electron chi connectivity index (χ3n) is 3.45. The number of hydrogen-bond acceptors (Lipinski definition) is 3. The number of carboxylic acid groups (broad SMARTS) is 1. The second-order valence-electron chi connectivity index (χ2n) is 6.40. The summed E-state index contributed by atoms with van der Waals surface area (Å²) in [6.07, 6.45) is 2.07. The van der Waals surface area contributed by atoms with Gasteiger partial charge in [0.25, 0.3) is 0 Å². The molecule has 1 heterocycles. The molecule has 0 aliphatic carbocycles. The highest BCUT2D eigenvalue weighted by Crippen LogP contribution is 2.18. The van der Waals surface area contributed by atoms with Crippen LogP contribution in [0.4, 0.5) is 4.79 Å². The Balaban J connectivity index is 2.65. The average molecular weight is 286 g/mol. The molecule has 1 saturated heterocycles. The zero-order valence-corrected chi connectivity index (χ0v) is 12.9. The average Bonchev–Trinajstić information content (AvgIpc) is 2.34. The van der Waals surface area contributed by atoms with Crippen LogP contribution in [0.2, 0.25) is 0 Å². The predicted molar refractivity (Wildman–Crippen MR) is 75.7 cm³/mol. The summed E-state index contributed by atoms with van der Waals surface area (Å²) < 4.78 is 5.41. The highest BCUT2D eigenvalue weighted by Gasteiger charge is 2.31. The lowest BCUT2D eigenvalue weighted by Gasteiger charge is -2.38. The van der Waals surface area contributed by atoms with E-state index in [2.05, 4.69) is 0 Å². The van der Waals surface area contributed by atoms with Crippen LogP contribution in [0.1, 0.15) is 33.6 Å². The van der Waals surface area contributed by atoms with Crippen molar-refractivity contribution in [1.82, 2.24) is 9.80 Å². The molecule has 0 aromatic carbocycles. The molecule has 1 rings (SSSR count). The van der Waals surface area contributed by atoms with Crippen LogP contribution in [0, 0.1) is 5.92 Å². The molecule has 1 aliphatic rings. The first-order valence-electron chi connectivity index (χ1n) is 7.04. The van der Waals surface area contributed by atoms with Gasteiger partial charge in [-0.05, 0) is 33.6 Å². The number of hydrogen-bond donors (Lipinski definition) is 1. The molecular formula is C14H26N2O4. The zero-order chi connectivity index (χ0) is 15.3. The van der Waals surface area contributed by atoms with E-state index in [1.165, 1.54) is 4.90 Å². The van der Waals surface area contributed by atoms with Crippen LogP contribution in [0.25, 0.3) is 0 Å². The summed E-state index contributed by atoms with van der Waals surface area (Å²) in [5.41, 5.74) is -0.521. The highest BCUT2D eigenvalue weighted by molar-refractivity contribution is 5.80. The normalized spacial score (nSPS) is 19.5. The molecule has 0 radical (unpaired) electrons.